The number of nitrogens with one attached hydrogen (secondary N) is 1. The van der Waals surface area contributed by atoms with Gasteiger partial charge in [0.2, 0.25) is 15.9 Å². The molecule has 156 valence electrons. The Morgan fingerprint density at radius 1 is 1.14 bits per heavy atom. The lowest BCUT2D eigenvalue weighted by Gasteiger charge is -2.28. The van der Waals surface area contributed by atoms with Gasteiger partial charge >= 0.3 is 0 Å². The maximum Gasteiger partial charge on any atom is 0.240 e. The van der Waals surface area contributed by atoms with Gasteiger partial charge < -0.3 is 14.8 Å². The van der Waals surface area contributed by atoms with Crippen LogP contribution in [0.4, 0.5) is 5.69 Å². The van der Waals surface area contributed by atoms with Crippen molar-refractivity contribution in [1.29, 1.82) is 0 Å². The summed E-state index contributed by atoms with van der Waals surface area (Å²) < 4.78 is 37.4. The molecule has 7 nitrogen and oxygen atoms in total. The number of hydrogen-bond acceptors (Lipinski definition) is 5. The number of para-hydroxylation sites is 3. The van der Waals surface area contributed by atoms with Crippen LogP contribution in [0.5, 0.6) is 11.5 Å². The van der Waals surface area contributed by atoms with E-state index in [4.69, 9.17) is 9.47 Å². The Kier molecular flexibility index (Phi) is 6.32. The van der Waals surface area contributed by atoms with Gasteiger partial charge in [-0.05, 0) is 29.7 Å². The lowest BCUT2D eigenvalue weighted by atomic mass is 10.0. The SMILES string of the molecule is CC(C)c1ccccc1N(CC(=O)NC[C@@H]1COc2ccccc2O1)S(C)(=O)=O. The van der Waals surface area contributed by atoms with E-state index in [0.717, 1.165) is 16.1 Å². The highest BCUT2D eigenvalue weighted by molar-refractivity contribution is 7.92. The third-order valence-electron chi connectivity index (χ3n) is 4.61. The summed E-state index contributed by atoms with van der Waals surface area (Å²) in [5, 5.41) is 2.75. The Bertz CT molecular complexity index is 975. The first-order chi connectivity index (χ1) is 13.8. The summed E-state index contributed by atoms with van der Waals surface area (Å²) in [5.74, 6) is 1.01. The Morgan fingerprint density at radius 2 is 1.79 bits per heavy atom. The van der Waals surface area contributed by atoms with Crippen LogP contribution in [0.1, 0.15) is 25.3 Å². The van der Waals surface area contributed by atoms with Crippen molar-refractivity contribution in [3.8, 4) is 11.5 Å². The van der Waals surface area contributed by atoms with Crippen LogP contribution in [0.25, 0.3) is 0 Å². The summed E-state index contributed by atoms with van der Waals surface area (Å²) >= 11 is 0. The summed E-state index contributed by atoms with van der Waals surface area (Å²) in [6, 6.07) is 14.6. The summed E-state index contributed by atoms with van der Waals surface area (Å²) in [7, 11) is -3.64. The number of nitrogens with zero attached hydrogens (tertiary/aromatic N) is 1. The number of fused-ring (bicyclic) bond motifs is 1. The molecule has 0 bridgehead atoms. The first-order valence-electron chi connectivity index (χ1n) is 9.47. The fraction of sp³-hybridized carbons (Fsp3) is 0.381. The molecule has 0 radical (unpaired) electrons. The molecule has 0 fully saturated rings. The van der Waals surface area contributed by atoms with E-state index in [0.29, 0.717) is 23.8 Å². The van der Waals surface area contributed by atoms with Crippen molar-refractivity contribution in [3.05, 3.63) is 54.1 Å². The number of benzene rings is 2. The van der Waals surface area contributed by atoms with Crippen molar-refractivity contribution in [3.63, 3.8) is 0 Å². The Morgan fingerprint density at radius 3 is 2.48 bits per heavy atom. The molecule has 0 aliphatic carbocycles. The lowest BCUT2D eigenvalue weighted by molar-refractivity contribution is -0.120. The minimum Gasteiger partial charge on any atom is -0.486 e. The fourth-order valence-electron chi connectivity index (χ4n) is 3.16. The summed E-state index contributed by atoms with van der Waals surface area (Å²) in [6.45, 7) is 4.20. The molecule has 1 N–H and O–H groups in total. The first kappa shape index (κ1) is 21.0. The van der Waals surface area contributed by atoms with Crippen LogP contribution in [0.3, 0.4) is 0 Å². The first-order valence-corrected chi connectivity index (χ1v) is 11.3. The maximum atomic E-state index is 12.5. The average Bonchev–Trinajstić information content (AvgIpc) is 2.69. The summed E-state index contributed by atoms with van der Waals surface area (Å²) in [4.78, 5) is 12.5. The molecule has 1 amide bonds. The van der Waals surface area contributed by atoms with E-state index < -0.39 is 15.9 Å². The molecule has 1 atom stereocenters. The van der Waals surface area contributed by atoms with Crippen molar-refractivity contribution < 1.29 is 22.7 Å². The van der Waals surface area contributed by atoms with E-state index in [2.05, 4.69) is 5.32 Å². The van der Waals surface area contributed by atoms with Crippen LogP contribution in [0, 0.1) is 0 Å². The molecule has 1 heterocycles. The molecular formula is C21H26N2O5S. The molecular weight excluding hydrogens is 392 g/mol. The van der Waals surface area contributed by atoms with Gasteiger partial charge in [0, 0.05) is 0 Å². The number of hydrogen-bond donors (Lipinski definition) is 1. The zero-order valence-corrected chi connectivity index (χ0v) is 17.6. The Hall–Kier alpha value is -2.74. The molecule has 2 aromatic carbocycles. The molecule has 8 heteroatoms. The molecule has 0 saturated carbocycles. The van der Waals surface area contributed by atoms with Crippen LogP contribution in [0.15, 0.2) is 48.5 Å². The fourth-order valence-corrected chi connectivity index (χ4v) is 4.04. The second kappa shape index (κ2) is 8.73. The van der Waals surface area contributed by atoms with Crippen LogP contribution in [-0.4, -0.2) is 46.4 Å². The zero-order chi connectivity index (χ0) is 21.0. The van der Waals surface area contributed by atoms with Gasteiger partial charge in [-0.25, -0.2) is 8.42 Å². The molecule has 1 aliphatic rings. The number of anilines is 1. The van der Waals surface area contributed by atoms with E-state index in [1.54, 1.807) is 18.2 Å². The van der Waals surface area contributed by atoms with Gasteiger partial charge in [0.25, 0.3) is 0 Å². The summed E-state index contributed by atoms with van der Waals surface area (Å²) in [5.41, 5.74) is 1.39. The minimum absolute atomic E-state index is 0.117. The maximum absolute atomic E-state index is 12.5. The van der Waals surface area contributed by atoms with E-state index in [-0.39, 0.29) is 25.1 Å². The van der Waals surface area contributed by atoms with Crippen LogP contribution < -0.4 is 19.1 Å². The molecule has 29 heavy (non-hydrogen) atoms. The van der Waals surface area contributed by atoms with Crippen LogP contribution in [0.2, 0.25) is 0 Å². The largest absolute Gasteiger partial charge is 0.486 e. The number of sulfonamides is 1. The normalized spacial score (nSPS) is 15.8. The summed E-state index contributed by atoms with van der Waals surface area (Å²) in [6.07, 6.45) is 0.760. The molecule has 2 aromatic rings. The highest BCUT2D eigenvalue weighted by atomic mass is 32.2. The third kappa shape index (κ3) is 5.20. The van der Waals surface area contributed by atoms with Crippen molar-refractivity contribution >= 4 is 21.6 Å². The quantitative estimate of drug-likeness (QED) is 0.747. The number of amides is 1. The third-order valence-corrected chi connectivity index (χ3v) is 5.74. The van der Waals surface area contributed by atoms with E-state index >= 15 is 0 Å². The van der Waals surface area contributed by atoms with Gasteiger partial charge in [-0.3, -0.25) is 9.10 Å². The van der Waals surface area contributed by atoms with Gasteiger partial charge in [-0.2, -0.15) is 0 Å². The topological polar surface area (TPSA) is 84.9 Å². The van der Waals surface area contributed by atoms with Crippen molar-refractivity contribution in [1.82, 2.24) is 5.32 Å². The van der Waals surface area contributed by atoms with E-state index in [1.807, 2.05) is 44.2 Å². The van der Waals surface area contributed by atoms with Crippen molar-refractivity contribution in [2.24, 2.45) is 0 Å². The van der Waals surface area contributed by atoms with Gasteiger partial charge in [0.05, 0.1) is 18.5 Å². The Labute approximate surface area is 171 Å². The van der Waals surface area contributed by atoms with Gasteiger partial charge in [-0.15, -0.1) is 0 Å². The number of rotatable bonds is 7. The minimum atomic E-state index is -3.64. The molecule has 0 saturated heterocycles. The van der Waals surface area contributed by atoms with Crippen molar-refractivity contribution in [2.45, 2.75) is 25.9 Å². The van der Waals surface area contributed by atoms with Crippen LogP contribution >= 0.6 is 0 Å². The monoisotopic (exact) mass is 418 g/mol. The molecule has 0 unspecified atom stereocenters. The lowest BCUT2D eigenvalue weighted by Crippen LogP contribution is -2.45. The molecule has 3 rings (SSSR count). The number of carbonyl (C=O) groups is 1. The van der Waals surface area contributed by atoms with Gasteiger partial charge in [0.1, 0.15) is 19.3 Å². The highest BCUT2D eigenvalue weighted by Crippen LogP contribution is 2.31. The van der Waals surface area contributed by atoms with Crippen LogP contribution in [-0.2, 0) is 14.8 Å². The predicted molar refractivity (Wildman–Crippen MR) is 112 cm³/mol. The smallest absolute Gasteiger partial charge is 0.240 e. The molecule has 0 spiro atoms. The van der Waals surface area contributed by atoms with Gasteiger partial charge in [-0.1, -0.05) is 44.2 Å². The molecule has 0 aromatic heterocycles. The molecule has 1 aliphatic heterocycles. The average molecular weight is 419 g/mol. The highest BCUT2D eigenvalue weighted by Gasteiger charge is 2.25. The number of carbonyl (C=O) groups excluding carboxylic acids is 1. The predicted octanol–water partition coefficient (Wildman–Crippen LogP) is 2.53. The second-order valence-corrected chi connectivity index (χ2v) is 9.19. The standard InChI is InChI=1S/C21H26N2O5S/c1-15(2)17-8-4-5-9-18(17)23(29(3,25)26)13-21(24)22-12-16-14-27-19-10-6-7-11-20(19)28-16/h4-11,15-16H,12-14H2,1-3H3,(H,22,24)/t16-/m1/s1. The second-order valence-electron chi connectivity index (χ2n) is 7.28. The van der Waals surface area contributed by atoms with E-state index in [1.165, 1.54) is 0 Å². The van der Waals surface area contributed by atoms with E-state index in [9.17, 15) is 13.2 Å². The number of ether oxygens (including phenoxy) is 2. The zero-order valence-electron chi connectivity index (χ0n) is 16.8. The Balaban J connectivity index is 1.66. The van der Waals surface area contributed by atoms with Crippen molar-refractivity contribution in [2.75, 3.05) is 30.3 Å². The van der Waals surface area contributed by atoms with Gasteiger partial charge in [0.15, 0.2) is 11.5 Å².